The van der Waals surface area contributed by atoms with Crippen molar-refractivity contribution in [3.63, 3.8) is 0 Å². The van der Waals surface area contributed by atoms with E-state index in [2.05, 4.69) is 22.5 Å². The van der Waals surface area contributed by atoms with Gasteiger partial charge in [-0.2, -0.15) is 0 Å². The molecule has 4 N–H and O–H groups in total. The number of amides is 2. The largest absolute Gasteiger partial charge is 0.340 e. The Morgan fingerprint density at radius 3 is 2.36 bits per heavy atom. The van der Waals surface area contributed by atoms with Crippen LogP contribution in [0.1, 0.15) is 40.7 Å². The van der Waals surface area contributed by atoms with Crippen LogP contribution in [0.4, 0.5) is 0 Å². The molecule has 2 aromatic carbocycles. The van der Waals surface area contributed by atoms with E-state index in [1.54, 1.807) is 29.7 Å². The van der Waals surface area contributed by atoms with Gasteiger partial charge < -0.3 is 10.6 Å². The first-order chi connectivity index (χ1) is 13.7. The smallest absolute Gasteiger partial charge is 0.265 e. The number of benzene rings is 2. The molecule has 1 saturated heterocycles. The summed E-state index contributed by atoms with van der Waals surface area (Å²) in [6, 6.07) is 15.9. The quantitative estimate of drug-likeness (QED) is 0.364. The van der Waals surface area contributed by atoms with E-state index in [4.69, 9.17) is 5.21 Å². The van der Waals surface area contributed by atoms with Crippen LogP contribution in [0, 0.1) is 11.8 Å². The summed E-state index contributed by atoms with van der Waals surface area (Å²) in [4.78, 5) is 24.4. The third kappa shape index (κ3) is 5.43. The van der Waals surface area contributed by atoms with Crippen molar-refractivity contribution in [2.45, 2.75) is 31.3 Å². The summed E-state index contributed by atoms with van der Waals surface area (Å²) in [5, 5.41) is 15.0. The minimum Gasteiger partial charge on any atom is -0.340 e. The maximum Gasteiger partial charge on any atom is 0.265 e. The van der Waals surface area contributed by atoms with Crippen molar-refractivity contribution in [3.05, 3.63) is 71.3 Å². The highest BCUT2D eigenvalue weighted by Crippen LogP contribution is 2.12. The van der Waals surface area contributed by atoms with Gasteiger partial charge in [0, 0.05) is 22.7 Å². The van der Waals surface area contributed by atoms with Crippen LogP contribution >= 0.6 is 0 Å². The second-order valence-electron chi connectivity index (χ2n) is 6.72. The molecule has 0 saturated carbocycles. The van der Waals surface area contributed by atoms with Crippen LogP contribution in [0.2, 0.25) is 0 Å². The van der Waals surface area contributed by atoms with Crippen LogP contribution in [-0.2, 0) is 4.79 Å². The Hall–Kier alpha value is -3.14. The fourth-order valence-corrected chi connectivity index (χ4v) is 3.16. The highest BCUT2D eigenvalue weighted by Gasteiger charge is 2.26. The minimum atomic E-state index is -0.800. The van der Waals surface area contributed by atoms with Gasteiger partial charge in [-0.15, -0.1) is 0 Å². The van der Waals surface area contributed by atoms with Crippen molar-refractivity contribution >= 4 is 11.8 Å². The highest BCUT2D eigenvalue weighted by atomic mass is 16.5. The van der Waals surface area contributed by atoms with E-state index < -0.39 is 11.9 Å². The molecular formula is C22H23N3O3. The Bertz CT molecular complexity index is 863. The van der Waals surface area contributed by atoms with Crippen molar-refractivity contribution in [2.75, 3.05) is 6.54 Å². The first-order valence-corrected chi connectivity index (χ1v) is 9.31. The maximum absolute atomic E-state index is 12.5. The first kappa shape index (κ1) is 19.6. The number of hydrogen-bond acceptors (Lipinski definition) is 4. The predicted octanol–water partition coefficient (Wildman–Crippen LogP) is 1.83. The SMILES string of the molecule is O=C(N[C@@H](CC1CCCN1)C(=O)NO)c1ccc(C#Cc2ccccc2)cc1. The van der Waals surface area contributed by atoms with Gasteiger partial charge in [0.25, 0.3) is 11.8 Å². The van der Waals surface area contributed by atoms with E-state index >= 15 is 0 Å². The molecule has 6 heteroatoms. The van der Waals surface area contributed by atoms with Gasteiger partial charge >= 0.3 is 0 Å². The van der Waals surface area contributed by atoms with E-state index in [0.29, 0.717) is 12.0 Å². The standard InChI is InChI=1S/C22H23N3O3/c26-21(24-20(22(27)25-28)15-19-7-4-14-23-19)18-12-10-17(11-13-18)9-8-16-5-2-1-3-6-16/h1-3,5-6,10-13,19-20,23,28H,4,7,14-15H2,(H,24,26)(H,25,27)/t19?,20-/m0/s1. The molecule has 0 spiro atoms. The van der Waals surface area contributed by atoms with Crippen LogP contribution in [-0.4, -0.2) is 35.7 Å². The maximum atomic E-state index is 12.5. The third-order valence-electron chi connectivity index (χ3n) is 4.69. The monoisotopic (exact) mass is 377 g/mol. The Morgan fingerprint density at radius 1 is 1.07 bits per heavy atom. The van der Waals surface area contributed by atoms with Crippen molar-refractivity contribution in [1.29, 1.82) is 0 Å². The highest BCUT2D eigenvalue weighted by molar-refractivity contribution is 5.97. The number of carbonyl (C=O) groups is 2. The van der Waals surface area contributed by atoms with E-state index in [1.807, 2.05) is 30.3 Å². The van der Waals surface area contributed by atoms with Gasteiger partial charge in [-0.3, -0.25) is 14.8 Å². The van der Waals surface area contributed by atoms with E-state index in [0.717, 1.165) is 30.5 Å². The zero-order chi connectivity index (χ0) is 19.8. The molecule has 0 bridgehead atoms. The van der Waals surface area contributed by atoms with Gasteiger partial charge in [0.1, 0.15) is 6.04 Å². The van der Waals surface area contributed by atoms with Crippen LogP contribution in [0.3, 0.4) is 0 Å². The topological polar surface area (TPSA) is 90.5 Å². The van der Waals surface area contributed by atoms with Gasteiger partial charge in [-0.05, 0) is 62.2 Å². The van der Waals surface area contributed by atoms with Gasteiger partial charge in [0.15, 0.2) is 0 Å². The molecule has 1 aliphatic heterocycles. The summed E-state index contributed by atoms with van der Waals surface area (Å²) in [7, 11) is 0. The Morgan fingerprint density at radius 2 is 1.75 bits per heavy atom. The second kappa shape index (κ2) is 9.70. The van der Waals surface area contributed by atoms with Crippen molar-refractivity contribution in [2.24, 2.45) is 0 Å². The molecule has 2 aromatic rings. The normalized spacial score (nSPS) is 16.5. The molecule has 2 amide bonds. The lowest BCUT2D eigenvalue weighted by molar-refractivity contribution is -0.131. The van der Waals surface area contributed by atoms with Crippen molar-refractivity contribution < 1.29 is 14.8 Å². The molecule has 6 nitrogen and oxygen atoms in total. The molecule has 0 aliphatic carbocycles. The number of rotatable bonds is 5. The molecular weight excluding hydrogens is 354 g/mol. The summed E-state index contributed by atoms with van der Waals surface area (Å²) < 4.78 is 0. The van der Waals surface area contributed by atoms with Gasteiger partial charge in [0.2, 0.25) is 0 Å². The lowest BCUT2D eigenvalue weighted by Gasteiger charge is -2.20. The van der Waals surface area contributed by atoms with E-state index in [9.17, 15) is 9.59 Å². The molecule has 1 heterocycles. The van der Waals surface area contributed by atoms with Crippen molar-refractivity contribution in [1.82, 2.24) is 16.1 Å². The predicted molar refractivity (Wildman–Crippen MR) is 106 cm³/mol. The number of nitrogens with one attached hydrogen (secondary N) is 3. The number of hydrogen-bond donors (Lipinski definition) is 4. The van der Waals surface area contributed by atoms with Gasteiger partial charge in [-0.25, -0.2) is 5.48 Å². The van der Waals surface area contributed by atoms with Crippen LogP contribution < -0.4 is 16.1 Å². The summed E-state index contributed by atoms with van der Waals surface area (Å²) in [6.07, 6.45) is 2.41. The molecule has 2 atom stereocenters. The van der Waals surface area contributed by atoms with Crippen LogP contribution in [0.25, 0.3) is 0 Å². The zero-order valence-electron chi connectivity index (χ0n) is 15.4. The average Bonchev–Trinajstić information content (AvgIpc) is 3.25. The summed E-state index contributed by atoms with van der Waals surface area (Å²) in [5.74, 6) is 5.14. The first-order valence-electron chi connectivity index (χ1n) is 9.31. The molecule has 3 rings (SSSR count). The van der Waals surface area contributed by atoms with Gasteiger partial charge in [0.05, 0.1) is 0 Å². The zero-order valence-corrected chi connectivity index (χ0v) is 15.4. The molecule has 1 aliphatic rings. The molecule has 144 valence electrons. The van der Waals surface area contributed by atoms with Crippen LogP contribution in [0.5, 0.6) is 0 Å². The van der Waals surface area contributed by atoms with E-state index in [-0.39, 0.29) is 11.9 Å². The lowest BCUT2D eigenvalue weighted by atomic mass is 10.0. The Balaban J connectivity index is 1.64. The number of hydroxylamine groups is 1. The molecule has 0 radical (unpaired) electrons. The summed E-state index contributed by atoms with van der Waals surface area (Å²) in [5.41, 5.74) is 3.78. The van der Waals surface area contributed by atoms with Crippen molar-refractivity contribution in [3.8, 4) is 11.8 Å². The lowest BCUT2D eigenvalue weighted by Crippen LogP contribution is -2.48. The minimum absolute atomic E-state index is 0.151. The molecule has 28 heavy (non-hydrogen) atoms. The molecule has 1 fully saturated rings. The fourth-order valence-electron chi connectivity index (χ4n) is 3.16. The summed E-state index contributed by atoms with van der Waals surface area (Å²) >= 11 is 0. The van der Waals surface area contributed by atoms with E-state index in [1.165, 1.54) is 0 Å². The Kier molecular flexibility index (Phi) is 6.79. The third-order valence-corrected chi connectivity index (χ3v) is 4.69. The molecule has 0 aromatic heterocycles. The average molecular weight is 377 g/mol. The van der Waals surface area contributed by atoms with Crippen LogP contribution in [0.15, 0.2) is 54.6 Å². The Labute approximate surface area is 164 Å². The number of carbonyl (C=O) groups excluding carboxylic acids is 2. The fraction of sp³-hybridized carbons (Fsp3) is 0.273. The molecule has 1 unspecified atom stereocenters. The van der Waals surface area contributed by atoms with Gasteiger partial charge in [-0.1, -0.05) is 30.0 Å². The summed E-state index contributed by atoms with van der Waals surface area (Å²) in [6.45, 7) is 0.900. The second-order valence-corrected chi connectivity index (χ2v) is 6.72.